The van der Waals surface area contributed by atoms with Crippen molar-refractivity contribution in [3.05, 3.63) is 57.9 Å². The summed E-state index contributed by atoms with van der Waals surface area (Å²) in [5.41, 5.74) is 5.22. The molecule has 3 aromatic rings. The number of methoxy groups -OCH3 is 2. The number of nitrogens with zero attached hydrogens (tertiary/aromatic N) is 4. The van der Waals surface area contributed by atoms with Crippen molar-refractivity contribution in [1.29, 1.82) is 0 Å². The number of aryl methyl sites for hydroxylation is 1. The minimum absolute atomic E-state index is 0.00443. The summed E-state index contributed by atoms with van der Waals surface area (Å²) < 4.78 is 13.0. The standard InChI is InChI=1S/C28H33ClN4O4/c1-15(2)32-23(22-14-30-28(37-5)31-26(22)36-4)13-21-25(32)24(20-11-6-17(29)12-16(20)3)33(27(21)35)18-7-9-19(34)10-8-18/h6,11-15,18-19,24,34H,7-10H2,1-5H3. The highest BCUT2D eigenvalue weighted by Gasteiger charge is 2.46. The molecule has 1 amide bonds. The van der Waals surface area contributed by atoms with Gasteiger partial charge in [0, 0.05) is 23.3 Å². The summed E-state index contributed by atoms with van der Waals surface area (Å²) in [6.45, 7) is 6.25. The first-order valence-corrected chi connectivity index (χ1v) is 13.1. The Morgan fingerprint density at radius 2 is 1.81 bits per heavy atom. The molecule has 2 aromatic heterocycles. The number of aliphatic hydroxyl groups is 1. The van der Waals surface area contributed by atoms with Gasteiger partial charge in [0.05, 0.1) is 48.9 Å². The van der Waals surface area contributed by atoms with E-state index in [0.29, 0.717) is 34.9 Å². The van der Waals surface area contributed by atoms with Gasteiger partial charge < -0.3 is 24.0 Å². The third-order valence-electron chi connectivity index (χ3n) is 7.56. The third kappa shape index (κ3) is 4.36. The van der Waals surface area contributed by atoms with Crippen molar-refractivity contribution in [3.63, 3.8) is 0 Å². The first-order chi connectivity index (χ1) is 17.7. The molecule has 1 fully saturated rings. The molecule has 1 N–H and O–H groups in total. The molecule has 1 aromatic carbocycles. The van der Waals surface area contributed by atoms with Gasteiger partial charge in [-0.1, -0.05) is 17.7 Å². The predicted molar refractivity (Wildman–Crippen MR) is 141 cm³/mol. The Morgan fingerprint density at radius 3 is 2.43 bits per heavy atom. The summed E-state index contributed by atoms with van der Waals surface area (Å²) in [5, 5.41) is 10.8. The molecule has 1 aliphatic heterocycles. The lowest BCUT2D eigenvalue weighted by Crippen LogP contribution is -2.42. The second kappa shape index (κ2) is 9.99. The van der Waals surface area contributed by atoms with E-state index in [4.69, 9.17) is 21.1 Å². The van der Waals surface area contributed by atoms with Crippen LogP contribution in [0.2, 0.25) is 5.02 Å². The number of ether oxygens (including phenoxy) is 2. The number of hydrogen-bond donors (Lipinski definition) is 1. The second-order valence-electron chi connectivity index (χ2n) is 10.2. The zero-order valence-electron chi connectivity index (χ0n) is 21.9. The topological polar surface area (TPSA) is 89.7 Å². The van der Waals surface area contributed by atoms with Crippen LogP contribution in [0.1, 0.15) is 78.8 Å². The number of aromatic nitrogens is 3. The number of rotatable bonds is 6. The summed E-state index contributed by atoms with van der Waals surface area (Å²) in [6, 6.07) is 7.84. The van der Waals surface area contributed by atoms with Crippen molar-refractivity contribution in [2.24, 2.45) is 0 Å². The van der Waals surface area contributed by atoms with Crippen molar-refractivity contribution in [2.75, 3.05) is 14.2 Å². The fourth-order valence-electron chi connectivity index (χ4n) is 5.88. The minimum Gasteiger partial charge on any atom is -0.480 e. The Morgan fingerprint density at radius 1 is 1.08 bits per heavy atom. The van der Waals surface area contributed by atoms with E-state index in [9.17, 15) is 9.90 Å². The van der Waals surface area contributed by atoms with Crippen molar-refractivity contribution < 1.29 is 19.4 Å². The lowest BCUT2D eigenvalue weighted by Gasteiger charge is -2.38. The largest absolute Gasteiger partial charge is 0.480 e. The fourth-order valence-corrected chi connectivity index (χ4v) is 6.11. The lowest BCUT2D eigenvalue weighted by molar-refractivity contribution is 0.0457. The zero-order chi connectivity index (χ0) is 26.4. The Kier molecular flexibility index (Phi) is 6.89. The molecule has 1 saturated carbocycles. The SMILES string of the molecule is COc1ncc(-c2cc3c(n2C(C)C)C(c2ccc(Cl)cc2C)N(C2CCC(O)CC2)C3=O)c(OC)n1. The Labute approximate surface area is 222 Å². The molecule has 9 heteroatoms. The highest BCUT2D eigenvalue weighted by molar-refractivity contribution is 6.30. The molecular formula is C28H33ClN4O4. The van der Waals surface area contributed by atoms with Crippen LogP contribution in [0.25, 0.3) is 11.3 Å². The average molecular weight is 525 g/mol. The van der Waals surface area contributed by atoms with Gasteiger partial charge in [-0.2, -0.15) is 4.98 Å². The summed E-state index contributed by atoms with van der Waals surface area (Å²) >= 11 is 6.33. The molecule has 0 bridgehead atoms. The molecule has 37 heavy (non-hydrogen) atoms. The van der Waals surface area contributed by atoms with Gasteiger partial charge >= 0.3 is 6.01 Å². The van der Waals surface area contributed by atoms with Crippen LogP contribution < -0.4 is 9.47 Å². The smallest absolute Gasteiger partial charge is 0.319 e. The minimum atomic E-state index is -0.300. The van der Waals surface area contributed by atoms with Gasteiger partial charge in [-0.15, -0.1) is 0 Å². The van der Waals surface area contributed by atoms with Crippen LogP contribution in [-0.2, 0) is 0 Å². The van der Waals surface area contributed by atoms with E-state index < -0.39 is 0 Å². The van der Waals surface area contributed by atoms with Crippen LogP contribution in [0.5, 0.6) is 11.9 Å². The Hall–Kier alpha value is -3.10. The molecule has 1 unspecified atom stereocenters. The van der Waals surface area contributed by atoms with Crippen molar-refractivity contribution in [1.82, 2.24) is 19.4 Å². The number of aliphatic hydroxyl groups excluding tert-OH is 1. The van der Waals surface area contributed by atoms with Gasteiger partial charge in [0.25, 0.3) is 5.91 Å². The van der Waals surface area contributed by atoms with Gasteiger partial charge in [-0.05, 0) is 75.8 Å². The van der Waals surface area contributed by atoms with E-state index in [1.807, 2.05) is 36.1 Å². The van der Waals surface area contributed by atoms with Crippen LogP contribution in [0, 0.1) is 6.92 Å². The number of fused-ring (bicyclic) bond motifs is 1. The van der Waals surface area contributed by atoms with Crippen LogP contribution in [0.3, 0.4) is 0 Å². The summed E-state index contributed by atoms with van der Waals surface area (Å²) in [5.74, 6) is 0.388. The second-order valence-corrected chi connectivity index (χ2v) is 10.6. The Balaban J connectivity index is 1.72. The Bertz CT molecular complexity index is 1330. The highest BCUT2D eigenvalue weighted by Crippen LogP contribution is 2.48. The number of carbonyl (C=O) groups excluding carboxylic acids is 1. The molecular weight excluding hydrogens is 492 g/mol. The van der Waals surface area contributed by atoms with E-state index in [1.54, 1.807) is 13.3 Å². The predicted octanol–water partition coefficient (Wildman–Crippen LogP) is 5.35. The summed E-state index contributed by atoms with van der Waals surface area (Å²) in [4.78, 5) is 24.9. The van der Waals surface area contributed by atoms with E-state index in [0.717, 1.165) is 35.4 Å². The van der Waals surface area contributed by atoms with E-state index in [2.05, 4.69) is 28.4 Å². The van der Waals surface area contributed by atoms with Gasteiger partial charge in [0.15, 0.2) is 0 Å². The first kappa shape index (κ1) is 25.5. The molecule has 196 valence electrons. The maximum Gasteiger partial charge on any atom is 0.319 e. The normalized spacial score (nSPS) is 21.5. The zero-order valence-corrected chi connectivity index (χ0v) is 22.6. The van der Waals surface area contributed by atoms with Crippen molar-refractivity contribution in [3.8, 4) is 23.1 Å². The number of benzene rings is 1. The number of amides is 1. The summed E-state index contributed by atoms with van der Waals surface area (Å²) in [7, 11) is 3.07. The molecule has 1 aliphatic carbocycles. The molecule has 8 nitrogen and oxygen atoms in total. The highest BCUT2D eigenvalue weighted by atomic mass is 35.5. The quantitative estimate of drug-likeness (QED) is 0.467. The summed E-state index contributed by atoms with van der Waals surface area (Å²) in [6.07, 6.45) is 4.32. The van der Waals surface area contributed by atoms with Crippen molar-refractivity contribution >= 4 is 17.5 Å². The molecule has 0 radical (unpaired) electrons. The van der Waals surface area contributed by atoms with Crippen LogP contribution in [-0.4, -0.2) is 56.8 Å². The van der Waals surface area contributed by atoms with E-state index >= 15 is 0 Å². The number of halogens is 1. The first-order valence-electron chi connectivity index (χ1n) is 12.7. The molecule has 0 saturated heterocycles. The van der Waals surface area contributed by atoms with Crippen LogP contribution in [0.4, 0.5) is 0 Å². The van der Waals surface area contributed by atoms with Crippen LogP contribution >= 0.6 is 11.6 Å². The maximum atomic E-state index is 14.2. The van der Waals surface area contributed by atoms with E-state index in [1.165, 1.54) is 7.11 Å². The maximum absolute atomic E-state index is 14.2. The molecule has 1 atom stereocenters. The van der Waals surface area contributed by atoms with Gasteiger partial charge in [0.1, 0.15) is 0 Å². The number of carbonyl (C=O) groups is 1. The lowest BCUT2D eigenvalue weighted by atomic mass is 9.90. The third-order valence-corrected chi connectivity index (χ3v) is 7.80. The molecule has 3 heterocycles. The van der Waals surface area contributed by atoms with Crippen LogP contribution in [0.15, 0.2) is 30.5 Å². The molecule has 0 spiro atoms. The molecule has 5 rings (SSSR count). The molecule has 2 aliphatic rings. The number of hydrogen-bond acceptors (Lipinski definition) is 6. The van der Waals surface area contributed by atoms with Gasteiger partial charge in [-0.25, -0.2) is 4.98 Å². The van der Waals surface area contributed by atoms with E-state index in [-0.39, 0.29) is 36.1 Å². The van der Waals surface area contributed by atoms with Gasteiger partial charge in [0.2, 0.25) is 5.88 Å². The van der Waals surface area contributed by atoms with Gasteiger partial charge in [-0.3, -0.25) is 4.79 Å². The fraction of sp³-hybridized carbons (Fsp3) is 0.464. The average Bonchev–Trinajstić information content (AvgIpc) is 3.39. The van der Waals surface area contributed by atoms with Crippen molar-refractivity contribution in [2.45, 2.75) is 70.7 Å². The monoisotopic (exact) mass is 524 g/mol.